The van der Waals surface area contributed by atoms with Gasteiger partial charge < -0.3 is 5.73 Å². The van der Waals surface area contributed by atoms with Crippen LogP contribution in [0.15, 0.2) is 24.3 Å². The highest BCUT2D eigenvalue weighted by atomic mass is 15.3. The molecule has 0 amide bonds. The molecule has 0 fully saturated rings. The van der Waals surface area contributed by atoms with Crippen LogP contribution in [0.2, 0.25) is 0 Å². The number of aryl methyl sites for hydroxylation is 1. The van der Waals surface area contributed by atoms with Gasteiger partial charge in [0.2, 0.25) is 0 Å². The molecule has 0 spiro atoms. The normalized spacial score (nSPS) is 11.2. The maximum absolute atomic E-state index is 5.77. The number of hydrogen-bond donors (Lipinski definition) is 1. The standard InChI is InChI=1S/C15H21N3/c1-10(2)12-5-7-13(8-6-12)15-11(3)18(4)17-14(15)9-16/h5-8,10H,9,16H2,1-4H3. The number of hydrogen-bond acceptors (Lipinski definition) is 2. The quantitative estimate of drug-likeness (QED) is 0.900. The zero-order valence-corrected chi connectivity index (χ0v) is 11.6. The number of aromatic nitrogens is 2. The van der Waals surface area contributed by atoms with Gasteiger partial charge in [0.05, 0.1) is 5.69 Å². The van der Waals surface area contributed by atoms with Crippen molar-refractivity contribution in [2.45, 2.75) is 33.2 Å². The van der Waals surface area contributed by atoms with Gasteiger partial charge in [0.25, 0.3) is 0 Å². The zero-order chi connectivity index (χ0) is 13.3. The highest BCUT2D eigenvalue weighted by Crippen LogP contribution is 2.28. The van der Waals surface area contributed by atoms with Crippen molar-refractivity contribution in [3.63, 3.8) is 0 Å². The molecule has 0 unspecified atom stereocenters. The Kier molecular flexibility index (Phi) is 3.53. The molecule has 2 N–H and O–H groups in total. The molecule has 0 saturated heterocycles. The van der Waals surface area contributed by atoms with Crippen molar-refractivity contribution in [2.75, 3.05) is 0 Å². The molecule has 0 radical (unpaired) electrons. The van der Waals surface area contributed by atoms with Crippen LogP contribution < -0.4 is 5.73 Å². The van der Waals surface area contributed by atoms with Gasteiger partial charge in [-0.05, 0) is 24.0 Å². The van der Waals surface area contributed by atoms with Crippen molar-refractivity contribution < 1.29 is 0 Å². The van der Waals surface area contributed by atoms with E-state index in [4.69, 9.17) is 5.73 Å². The van der Waals surface area contributed by atoms with E-state index in [1.54, 1.807) is 0 Å². The van der Waals surface area contributed by atoms with E-state index < -0.39 is 0 Å². The lowest BCUT2D eigenvalue weighted by atomic mass is 9.98. The second kappa shape index (κ2) is 4.94. The molecule has 18 heavy (non-hydrogen) atoms. The van der Waals surface area contributed by atoms with Gasteiger partial charge in [-0.1, -0.05) is 38.1 Å². The molecule has 1 heterocycles. The molecule has 0 saturated carbocycles. The highest BCUT2D eigenvalue weighted by molar-refractivity contribution is 5.69. The van der Waals surface area contributed by atoms with Crippen LogP contribution >= 0.6 is 0 Å². The van der Waals surface area contributed by atoms with Crippen LogP contribution in [0, 0.1) is 6.92 Å². The summed E-state index contributed by atoms with van der Waals surface area (Å²) in [6, 6.07) is 8.70. The number of rotatable bonds is 3. The molecule has 0 atom stereocenters. The Morgan fingerprint density at radius 2 is 1.83 bits per heavy atom. The SMILES string of the molecule is Cc1c(-c2ccc(C(C)C)cc2)c(CN)nn1C. The average Bonchev–Trinajstić information content (AvgIpc) is 2.65. The lowest BCUT2D eigenvalue weighted by Crippen LogP contribution is -1.99. The molecule has 1 aromatic heterocycles. The minimum absolute atomic E-state index is 0.475. The fourth-order valence-corrected chi connectivity index (χ4v) is 2.23. The van der Waals surface area contributed by atoms with Crippen molar-refractivity contribution in [3.05, 3.63) is 41.2 Å². The minimum atomic E-state index is 0.475. The summed E-state index contributed by atoms with van der Waals surface area (Å²) in [5.74, 6) is 0.558. The largest absolute Gasteiger partial charge is 0.325 e. The van der Waals surface area contributed by atoms with Crippen molar-refractivity contribution in [1.29, 1.82) is 0 Å². The molecular formula is C15H21N3. The Morgan fingerprint density at radius 3 is 2.33 bits per heavy atom. The Labute approximate surface area is 109 Å². The zero-order valence-electron chi connectivity index (χ0n) is 11.6. The van der Waals surface area contributed by atoms with E-state index in [-0.39, 0.29) is 0 Å². The molecule has 2 rings (SSSR count). The molecule has 1 aromatic carbocycles. The Morgan fingerprint density at radius 1 is 1.22 bits per heavy atom. The van der Waals surface area contributed by atoms with E-state index in [1.807, 2.05) is 11.7 Å². The van der Waals surface area contributed by atoms with Crippen LogP contribution in [-0.2, 0) is 13.6 Å². The number of benzene rings is 1. The molecule has 0 aliphatic carbocycles. The van der Waals surface area contributed by atoms with E-state index in [2.05, 4.69) is 50.1 Å². The van der Waals surface area contributed by atoms with Crippen LogP contribution in [-0.4, -0.2) is 9.78 Å². The van der Waals surface area contributed by atoms with E-state index in [9.17, 15) is 0 Å². The summed E-state index contributed by atoms with van der Waals surface area (Å²) >= 11 is 0. The molecule has 0 aliphatic heterocycles. The highest BCUT2D eigenvalue weighted by Gasteiger charge is 2.13. The van der Waals surface area contributed by atoms with Crippen molar-refractivity contribution >= 4 is 0 Å². The van der Waals surface area contributed by atoms with E-state index >= 15 is 0 Å². The average molecular weight is 243 g/mol. The fraction of sp³-hybridized carbons (Fsp3) is 0.400. The lowest BCUT2D eigenvalue weighted by molar-refractivity contribution is 0.721. The second-order valence-electron chi connectivity index (χ2n) is 5.01. The summed E-state index contributed by atoms with van der Waals surface area (Å²) in [6.45, 7) is 6.96. The van der Waals surface area contributed by atoms with Crippen molar-refractivity contribution in [2.24, 2.45) is 12.8 Å². The molecule has 3 nitrogen and oxygen atoms in total. The van der Waals surface area contributed by atoms with Gasteiger partial charge >= 0.3 is 0 Å². The summed E-state index contributed by atoms with van der Waals surface area (Å²) in [5.41, 5.74) is 11.6. The first-order valence-electron chi connectivity index (χ1n) is 6.37. The maximum Gasteiger partial charge on any atom is 0.0841 e. The number of nitrogens with zero attached hydrogens (tertiary/aromatic N) is 2. The summed E-state index contributed by atoms with van der Waals surface area (Å²) in [6.07, 6.45) is 0. The Hall–Kier alpha value is -1.61. The van der Waals surface area contributed by atoms with E-state index in [0.717, 1.165) is 11.4 Å². The predicted molar refractivity (Wildman–Crippen MR) is 75.4 cm³/mol. The first-order valence-corrected chi connectivity index (χ1v) is 6.37. The Bertz CT molecular complexity index is 536. The van der Waals surface area contributed by atoms with Crippen LogP contribution in [0.4, 0.5) is 0 Å². The third-order valence-electron chi connectivity index (χ3n) is 3.47. The smallest absolute Gasteiger partial charge is 0.0841 e. The monoisotopic (exact) mass is 243 g/mol. The third kappa shape index (κ3) is 2.18. The van der Waals surface area contributed by atoms with Gasteiger partial charge in [0.1, 0.15) is 0 Å². The van der Waals surface area contributed by atoms with Gasteiger partial charge in [-0.15, -0.1) is 0 Å². The molecule has 3 heteroatoms. The van der Waals surface area contributed by atoms with Crippen LogP contribution in [0.1, 0.15) is 36.7 Å². The fourth-order valence-electron chi connectivity index (χ4n) is 2.23. The van der Waals surface area contributed by atoms with Gasteiger partial charge in [0, 0.05) is 24.8 Å². The second-order valence-corrected chi connectivity index (χ2v) is 5.01. The van der Waals surface area contributed by atoms with E-state index in [1.165, 1.54) is 16.7 Å². The van der Waals surface area contributed by atoms with Crippen LogP contribution in [0.5, 0.6) is 0 Å². The van der Waals surface area contributed by atoms with Crippen LogP contribution in [0.3, 0.4) is 0 Å². The lowest BCUT2D eigenvalue weighted by Gasteiger charge is -2.08. The first-order chi connectivity index (χ1) is 8.54. The summed E-state index contributed by atoms with van der Waals surface area (Å²) in [7, 11) is 1.96. The maximum atomic E-state index is 5.77. The van der Waals surface area contributed by atoms with Gasteiger partial charge in [-0.2, -0.15) is 5.10 Å². The van der Waals surface area contributed by atoms with Gasteiger partial charge in [0.15, 0.2) is 0 Å². The Balaban J connectivity index is 2.48. The number of nitrogens with two attached hydrogens (primary N) is 1. The molecule has 0 bridgehead atoms. The topological polar surface area (TPSA) is 43.8 Å². The van der Waals surface area contributed by atoms with Gasteiger partial charge in [-0.3, -0.25) is 4.68 Å². The molecule has 2 aromatic rings. The third-order valence-corrected chi connectivity index (χ3v) is 3.47. The predicted octanol–water partition coefficient (Wildman–Crippen LogP) is 2.98. The van der Waals surface area contributed by atoms with E-state index in [0.29, 0.717) is 12.5 Å². The summed E-state index contributed by atoms with van der Waals surface area (Å²) in [5, 5.41) is 4.45. The van der Waals surface area contributed by atoms with Crippen molar-refractivity contribution in [1.82, 2.24) is 9.78 Å². The van der Waals surface area contributed by atoms with Crippen LogP contribution in [0.25, 0.3) is 11.1 Å². The first kappa shape index (κ1) is 12.8. The summed E-state index contributed by atoms with van der Waals surface area (Å²) in [4.78, 5) is 0. The summed E-state index contributed by atoms with van der Waals surface area (Å²) < 4.78 is 1.90. The minimum Gasteiger partial charge on any atom is -0.325 e. The van der Waals surface area contributed by atoms with Crippen molar-refractivity contribution in [3.8, 4) is 11.1 Å². The molecule has 96 valence electrons. The molecular weight excluding hydrogens is 222 g/mol. The van der Waals surface area contributed by atoms with Gasteiger partial charge in [-0.25, -0.2) is 0 Å². The molecule has 0 aliphatic rings.